The summed E-state index contributed by atoms with van der Waals surface area (Å²) in [5.41, 5.74) is 3.43. The molecule has 3 aromatic rings. The van der Waals surface area contributed by atoms with Crippen LogP contribution in [0.5, 0.6) is 5.75 Å². The number of halogens is 1. The number of hydrogen-bond donors (Lipinski definition) is 1. The Morgan fingerprint density at radius 1 is 1.31 bits per heavy atom. The molecule has 0 bridgehead atoms. The van der Waals surface area contributed by atoms with Crippen molar-refractivity contribution >= 4 is 34.5 Å². The average molecular weight is 388 g/mol. The van der Waals surface area contributed by atoms with Gasteiger partial charge in [0.1, 0.15) is 10.8 Å². The Hall–Kier alpha value is -2.44. The lowest BCUT2D eigenvalue weighted by Crippen LogP contribution is -2.13. The van der Waals surface area contributed by atoms with E-state index in [-0.39, 0.29) is 5.91 Å². The number of pyridine rings is 1. The summed E-state index contributed by atoms with van der Waals surface area (Å²) in [4.78, 5) is 20.9. The summed E-state index contributed by atoms with van der Waals surface area (Å²) < 4.78 is 5.28. The Labute approximate surface area is 161 Å². The Kier molecular flexibility index (Phi) is 5.85. The summed E-state index contributed by atoms with van der Waals surface area (Å²) in [6.07, 6.45) is 4.39. The fourth-order valence-corrected chi connectivity index (χ4v) is 3.45. The summed E-state index contributed by atoms with van der Waals surface area (Å²) in [7, 11) is 1.55. The van der Waals surface area contributed by atoms with Crippen LogP contribution in [0, 0.1) is 6.92 Å². The number of hydrogen-bond acceptors (Lipinski definition) is 5. The van der Waals surface area contributed by atoms with Gasteiger partial charge in [-0.05, 0) is 37.1 Å². The highest BCUT2D eigenvalue weighted by Gasteiger charge is 2.12. The first-order valence-electron chi connectivity index (χ1n) is 8.05. The molecule has 134 valence electrons. The molecule has 1 amide bonds. The summed E-state index contributed by atoms with van der Waals surface area (Å²) >= 11 is 7.65. The molecule has 7 heteroatoms. The van der Waals surface area contributed by atoms with Crippen molar-refractivity contribution in [3.63, 3.8) is 0 Å². The zero-order chi connectivity index (χ0) is 18.5. The molecular weight excluding hydrogens is 370 g/mol. The topological polar surface area (TPSA) is 64.1 Å². The van der Waals surface area contributed by atoms with E-state index >= 15 is 0 Å². The van der Waals surface area contributed by atoms with Crippen LogP contribution < -0.4 is 10.1 Å². The molecule has 0 radical (unpaired) electrons. The van der Waals surface area contributed by atoms with E-state index in [1.54, 1.807) is 36.9 Å². The van der Waals surface area contributed by atoms with Gasteiger partial charge in [0.15, 0.2) is 0 Å². The highest BCUT2D eigenvalue weighted by molar-refractivity contribution is 7.13. The number of benzene rings is 1. The van der Waals surface area contributed by atoms with Gasteiger partial charge in [-0.25, -0.2) is 4.98 Å². The highest BCUT2D eigenvalue weighted by atomic mass is 35.5. The minimum atomic E-state index is -0.0940. The second kappa shape index (κ2) is 8.29. The van der Waals surface area contributed by atoms with Gasteiger partial charge in [-0.3, -0.25) is 9.78 Å². The van der Waals surface area contributed by atoms with Crippen LogP contribution >= 0.6 is 22.9 Å². The van der Waals surface area contributed by atoms with Crippen molar-refractivity contribution in [1.29, 1.82) is 0 Å². The monoisotopic (exact) mass is 387 g/mol. The number of thiazole rings is 1. The van der Waals surface area contributed by atoms with Crippen molar-refractivity contribution in [1.82, 2.24) is 9.97 Å². The van der Waals surface area contributed by atoms with Crippen LogP contribution in [0.25, 0.3) is 10.6 Å². The van der Waals surface area contributed by atoms with Crippen LogP contribution in [0.2, 0.25) is 5.02 Å². The lowest BCUT2D eigenvalue weighted by Gasteiger charge is -2.12. The molecule has 26 heavy (non-hydrogen) atoms. The van der Waals surface area contributed by atoms with Gasteiger partial charge < -0.3 is 10.1 Å². The van der Waals surface area contributed by atoms with Crippen molar-refractivity contribution in [2.24, 2.45) is 0 Å². The molecule has 0 fully saturated rings. The number of carbonyl (C=O) groups excluding carboxylic acids is 1. The molecule has 2 aromatic heterocycles. The van der Waals surface area contributed by atoms with Gasteiger partial charge in [-0.2, -0.15) is 0 Å². The number of aromatic nitrogens is 2. The van der Waals surface area contributed by atoms with Crippen molar-refractivity contribution < 1.29 is 9.53 Å². The number of aryl methyl sites for hydroxylation is 2. The molecule has 3 rings (SSSR count). The largest absolute Gasteiger partial charge is 0.495 e. The zero-order valence-corrected chi connectivity index (χ0v) is 16.0. The first kappa shape index (κ1) is 18.4. The SMILES string of the molecule is COc1cc(Cl)c(C)cc1NC(=O)CCc1csc(-c2ccncc2)n1. The molecule has 5 nitrogen and oxygen atoms in total. The third-order valence-electron chi connectivity index (χ3n) is 3.84. The van der Waals surface area contributed by atoms with E-state index in [9.17, 15) is 4.79 Å². The Morgan fingerprint density at radius 2 is 2.08 bits per heavy atom. The van der Waals surface area contributed by atoms with Crippen LogP contribution in [-0.4, -0.2) is 23.0 Å². The first-order chi connectivity index (χ1) is 12.6. The first-order valence-corrected chi connectivity index (χ1v) is 9.31. The number of ether oxygens (including phenoxy) is 1. The van der Waals surface area contributed by atoms with Crippen LogP contribution in [0.3, 0.4) is 0 Å². The maximum absolute atomic E-state index is 12.3. The molecule has 2 heterocycles. The molecule has 0 aliphatic carbocycles. The van der Waals surface area contributed by atoms with Crippen molar-refractivity contribution in [3.8, 4) is 16.3 Å². The summed E-state index contributed by atoms with van der Waals surface area (Å²) in [6.45, 7) is 1.88. The van der Waals surface area contributed by atoms with E-state index in [0.29, 0.717) is 29.3 Å². The maximum Gasteiger partial charge on any atom is 0.224 e. The highest BCUT2D eigenvalue weighted by Crippen LogP contribution is 2.31. The average Bonchev–Trinajstić information content (AvgIpc) is 3.12. The maximum atomic E-state index is 12.3. The van der Waals surface area contributed by atoms with Gasteiger partial charge in [0.05, 0.1) is 18.5 Å². The number of nitrogens with one attached hydrogen (secondary N) is 1. The van der Waals surface area contributed by atoms with Crippen molar-refractivity contribution in [2.75, 3.05) is 12.4 Å². The second-order valence-corrected chi connectivity index (χ2v) is 7.00. The predicted octanol–water partition coefficient (Wildman–Crippen LogP) is 4.75. The van der Waals surface area contributed by atoms with Gasteiger partial charge in [0.2, 0.25) is 5.91 Å². The summed E-state index contributed by atoms with van der Waals surface area (Å²) in [5.74, 6) is 0.450. The number of rotatable bonds is 6. The Bertz CT molecular complexity index is 912. The van der Waals surface area contributed by atoms with E-state index in [1.807, 2.05) is 30.5 Å². The van der Waals surface area contributed by atoms with Crippen LogP contribution in [0.15, 0.2) is 42.0 Å². The normalized spacial score (nSPS) is 10.6. The third kappa shape index (κ3) is 4.39. The quantitative estimate of drug-likeness (QED) is 0.663. The molecule has 0 aliphatic rings. The fraction of sp³-hybridized carbons (Fsp3) is 0.211. The fourth-order valence-electron chi connectivity index (χ4n) is 2.43. The van der Waals surface area contributed by atoms with E-state index in [1.165, 1.54) is 0 Å². The van der Waals surface area contributed by atoms with Gasteiger partial charge in [0, 0.05) is 40.8 Å². The molecule has 0 spiro atoms. The van der Waals surface area contributed by atoms with Crippen LogP contribution in [0.1, 0.15) is 17.7 Å². The van der Waals surface area contributed by atoms with E-state index in [4.69, 9.17) is 16.3 Å². The van der Waals surface area contributed by atoms with Crippen LogP contribution in [-0.2, 0) is 11.2 Å². The molecule has 0 saturated carbocycles. The third-order valence-corrected chi connectivity index (χ3v) is 5.19. The minimum Gasteiger partial charge on any atom is -0.495 e. The minimum absolute atomic E-state index is 0.0940. The van der Waals surface area contributed by atoms with Gasteiger partial charge in [0.25, 0.3) is 0 Å². The van der Waals surface area contributed by atoms with E-state index in [2.05, 4.69) is 15.3 Å². The Balaban J connectivity index is 1.62. The number of amides is 1. The van der Waals surface area contributed by atoms with Gasteiger partial charge in [-0.15, -0.1) is 11.3 Å². The molecular formula is C19H18ClN3O2S. The second-order valence-electron chi connectivity index (χ2n) is 5.73. The smallest absolute Gasteiger partial charge is 0.224 e. The number of anilines is 1. The predicted molar refractivity (Wildman–Crippen MR) is 105 cm³/mol. The standard InChI is InChI=1S/C19H18ClN3O2S/c1-12-9-16(17(25-2)10-15(12)20)23-18(24)4-3-14-11-26-19(22-14)13-5-7-21-8-6-13/h5-11H,3-4H2,1-2H3,(H,23,24). The van der Waals surface area contributed by atoms with Gasteiger partial charge in [-0.1, -0.05) is 11.6 Å². The molecule has 0 saturated heterocycles. The van der Waals surface area contributed by atoms with Gasteiger partial charge >= 0.3 is 0 Å². The molecule has 1 aromatic carbocycles. The van der Waals surface area contributed by atoms with Crippen LogP contribution in [0.4, 0.5) is 5.69 Å². The lowest BCUT2D eigenvalue weighted by molar-refractivity contribution is -0.116. The van der Waals surface area contributed by atoms with Crippen molar-refractivity contribution in [2.45, 2.75) is 19.8 Å². The molecule has 0 atom stereocenters. The van der Waals surface area contributed by atoms with E-state index in [0.717, 1.165) is 21.8 Å². The van der Waals surface area contributed by atoms with E-state index < -0.39 is 0 Å². The number of nitrogens with zero attached hydrogens (tertiary/aromatic N) is 2. The number of methoxy groups -OCH3 is 1. The molecule has 0 aliphatic heterocycles. The lowest BCUT2D eigenvalue weighted by atomic mass is 10.2. The zero-order valence-electron chi connectivity index (χ0n) is 14.5. The van der Waals surface area contributed by atoms with Crippen molar-refractivity contribution in [3.05, 3.63) is 58.3 Å². The summed E-state index contributed by atoms with van der Waals surface area (Å²) in [5, 5.41) is 6.40. The Morgan fingerprint density at radius 3 is 2.81 bits per heavy atom. The summed E-state index contributed by atoms with van der Waals surface area (Å²) in [6, 6.07) is 7.35. The molecule has 1 N–H and O–H groups in total. The molecule has 0 unspecified atom stereocenters. The number of carbonyl (C=O) groups is 1.